The van der Waals surface area contributed by atoms with Crippen LogP contribution in [0.25, 0.3) is 0 Å². The van der Waals surface area contributed by atoms with E-state index in [0.29, 0.717) is 23.5 Å². The van der Waals surface area contributed by atoms with Crippen molar-refractivity contribution in [2.45, 2.75) is 67.5 Å². The predicted molar refractivity (Wildman–Crippen MR) is 140 cm³/mol. The number of methoxy groups -OCH3 is 1. The first-order chi connectivity index (χ1) is 19.0. The summed E-state index contributed by atoms with van der Waals surface area (Å²) in [6, 6.07) is 10.4. The number of nitrogens with one attached hydrogen (secondary N) is 1. The van der Waals surface area contributed by atoms with Crippen LogP contribution in [-0.2, 0) is 24.8 Å². The van der Waals surface area contributed by atoms with Crippen LogP contribution < -0.4 is 10.1 Å². The number of carboxylic acid groups (broad SMARTS) is 1. The molecule has 3 aliphatic rings. The molecule has 1 spiro atoms. The molecule has 11 nitrogen and oxygen atoms in total. The molecule has 1 saturated carbocycles. The first-order valence-electron chi connectivity index (χ1n) is 13.0. The lowest BCUT2D eigenvalue weighted by Gasteiger charge is -2.48. The molecule has 0 bridgehead atoms. The number of ether oxygens (including phenoxy) is 3. The lowest BCUT2D eigenvalue weighted by molar-refractivity contribution is -0.375. The highest BCUT2D eigenvalue weighted by Crippen LogP contribution is 2.55. The number of amides is 1. The molecule has 1 aliphatic carbocycles. The van der Waals surface area contributed by atoms with Crippen LogP contribution in [0, 0.1) is 5.92 Å². The van der Waals surface area contributed by atoms with E-state index in [4.69, 9.17) is 25.8 Å². The Balaban J connectivity index is 1.64. The maximum absolute atomic E-state index is 12.4. The monoisotopic (exact) mass is 577 g/mol. The van der Waals surface area contributed by atoms with Crippen molar-refractivity contribution in [3.63, 3.8) is 0 Å². The molecule has 40 heavy (non-hydrogen) atoms. The normalized spacial score (nSPS) is 35.8. The summed E-state index contributed by atoms with van der Waals surface area (Å²) in [5.41, 5.74) is -0.240. The number of aliphatic hydroxyl groups excluding tert-OH is 4. The third kappa shape index (κ3) is 4.55. The first-order valence-corrected chi connectivity index (χ1v) is 13.4. The summed E-state index contributed by atoms with van der Waals surface area (Å²) in [4.78, 5) is 24.6. The van der Waals surface area contributed by atoms with Gasteiger partial charge in [0.25, 0.3) is 0 Å². The summed E-state index contributed by atoms with van der Waals surface area (Å²) >= 11 is 6.72. The van der Waals surface area contributed by atoms with Crippen molar-refractivity contribution in [2.75, 3.05) is 13.7 Å². The Labute approximate surface area is 235 Å². The zero-order valence-electron chi connectivity index (χ0n) is 21.9. The first kappa shape index (κ1) is 28.7. The van der Waals surface area contributed by atoms with Crippen LogP contribution in [0.1, 0.15) is 42.4 Å². The highest BCUT2D eigenvalue weighted by Gasteiger charge is 2.71. The highest BCUT2D eigenvalue weighted by atomic mass is 35.5. The number of hydrogen-bond donors (Lipinski definition) is 6. The Morgan fingerprint density at radius 3 is 2.40 bits per heavy atom. The van der Waals surface area contributed by atoms with Gasteiger partial charge in [-0.25, -0.2) is 4.79 Å². The summed E-state index contributed by atoms with van der Waals surface area (Å²) < 4.78 is 17.3. The van der Waals surface area contributed by atoms with Gasteiger partial charge in [0, 0.05) is 42.4 Å². The van der Waals surface area contributed by atoms with Gasteiger partial charge in [0.1, 0.15) is 35.7 Å². The predicted octanol–water partition coefficient (Wildman–Crippen LogP) is 0.875. The second kappa shape index (κ2) is 10.6. The molecule has 216 valence electrons. The molecule has 2 aromatic rings. The average Bonchev–Trinajstić information content (AvgIpc) is 3.41. The van der Waals surface area contributed by atoms with Gasteiger partial charge < -0.3 is 45.1 Å². The van der Waals surface area contributed by atoms with E-state index in [-0.39, 0.29) is 23.4 Å². The van der Waals surface area contributed by atoms with Crippen molar-refractivity contribution in [1.29, 1.82) is 0 Å². The number of hydrogen-bond acceptors (Lipinski definition) is 9. The molecule has 2 saturated heterocycles. The molecule has 3 unspecified atom stereocenters. The second-order valence-electron chi connectivity index (χ2n) is 10.5. The quantitative estimate of drug-likeness (QED) is 0.264. The van der Waals surface area contributed by atoms with E-state index in [2.05, 4.69) is 5.32 Å². The van der Waals surface area contributed by atoms with E-state index >= 15 is 0 Å². The third-order valence-corrected chi connectivity index (χ3v) is 8.59. The number of aliphatic hydroxyl groups is 4. The Bertz CT molecular complexity index is 1290. The lowest BCUT2D eigenvalue weighted by atomic mass is 9.76. The fourth-order valence-corrected chi connectivity index (χ4v) is 6.33. The van der Waals surface area contributed by atoms with Gasteiger partial charge >= 0.3 is 5.97 Å². The summed E-state index contributed by atoms with van der Waals surface area (Å²) in [5, 5.41) is 55.4. The van der Waals surface area contributed by atoms with Crippen molar-refractivity contribution < 1.29 is 49.3 Å². The van der Waals surface area contributed by atoms with Gasteiger partial charge in [0.2, 0.25) is 11.7 Å². The van der Waals surface area contributed by atoms with Crippen LogP contribution in [-0.4, -0.2) is 87.2 Å². The van der Waals surface area contributed by atoms with Crippen molar-refractivity contribution >= 4 is 23.5 Å². The van der Waals surface area contributed by atoms with Gasteiger partial charge in [-0.2, -0.15) is 0 Å². The second-order valence-corrected chi connectivity index (χ2v) is 10.9. The molecule has 2 aliphatic heterocycles. The number of carbonyl (C=O) groups is 2. The van der Waals surface area contributed by atoms with E-state index in [1.54, 1.807) is 30.3 Å². The molecular weight excluding hydrogens is 546 g/mol. The molecule has 6 N–H and O–H groups in total. The van der Waals surface area contributed by atoms with Crippen LogP contribution in [0.4, 0.5) is 0 Å². The molecule has 2 heterocycles. The fraction of sp³-hybridized carbons (Fsp3) is 0.500. The summed E-state index contributed by atoms with van der Waals surface area (Å²) in [6.45, 7) is 2.31. The number of aliphatic carboxylic acids is 1. The summed E-state index contributed by atoms with van der Waals surface area (Å²) in [7, 11) is 1.26. The highest BCUT2D eigenvalue weighted by molar-refractivity contribution is 6.31. The summed E-state index contributed by atoms with van der Waals surface area (Å²) in [6.07, 6.45) is -6.17. The number of carboxylic acids is 1. The van der Waals surface area contributed by atoms with Crippen LogP contribution in [0.5, 0.6) is 5.75 Å². The van der Waals surface area contributed by atoms with Crippen molar-refractivity contribution in [2.24, 2.45) is 5.92 Å². The Morgan fingerprint density at radius 2 is 1.82 bits per heavy atom. The number of halogens is 1. The average molecular weight is 578 g/mol. The molecule has 0 radical (unpaired) electrons. The lowest BCUT2D eigenvalue weighted by Crippen LogP contribution is -2.65. The fourth-order valence-electron chi connectivity index (χ4n) is 6.09. The van der Waals surface area contributed by atoms with Crippen LogP contribution in [0.15, 0.2) is 42.5 Å². The van der Waals surface area contributed by atoms with Gasteiger partial charge in [0.15, 0.2) is 0 Å². The molecule has 9 atom stereocenters. The van der Waals surface area contributed by atoms with Crippen LogP contribution in [0.3, 0.4) is 0 Å². The van der Waals surface area contributed by atoms with Gasteiger partial charge in [-0.3, -0.25) is 4.79 Å². The van der Waals surface area contributed by atoms with Crippen molar-refractivity contribution in [3.05, 3.63) is 64.2 Å². The molecule has 0 aromatic heterocycles. The standard InChI is InChI=1S/C28H32ClNO10/c1-3-39-15-7-4-13(5-8-15)21(17-11-20(32)30-22(17)26(36)37)16-10-14(6-9-18(16)29)28(38-2)25(35)23(33)24(34)27(40-28)12-19(27)31/h4-10,17,19,21-25,31,33-35H,3,11-12H2,1-2H3,(H,30,32)(H,36,37)/t17?,19?,21?,22-,23-,24-,25+,27+,28-/m0/s1. The molecule has 12 heteroatoms. The van der Waals surface area contributed by atoms with E-state index in [0.717, 1.165) is 0 Å². The third-order valence-electron chi connectivity index (χ3n) is 8.24. The summed E-state index contributed by atoms with van der Waals surface area (Å²) in [5.74, 6) is -4.46. The molecule has 2 aromatic carbocycles. The van der Waals surface area contributed by atoms with Crippen LogP contribution >= 0.6 is 11.6 Å². The van der Waals surface area contributed by atoms with E-state index in [9.17, 15) is 35.1 Å². The Kier molecular flexibility index (Phi) is 7.60. The van der Waals surface area contributed by atoms with Crippen LogP contribution in [0.2, 0.25) is 5.02 Å². The SMILES string of the molecule is CCOc1ccc(C(c2cc([C@]3(OC)O[C@@]4(CC4O)[C@@H](O)[C@H](O)[C@H]3O)ccc2Cl)C2CC(=O)N[C@@H]2C(=O)O)cc1. The van der Waals surface area contributed by atoms with Gasteiger partial charge in [-0.15, -0.1) is 0 Å². The Morgan fingerprint density at radius 1 is 1.15 bits per heavy atom. The van der Waals surface area contributed by atoms with E-state index in [1.807, 2.05) is 6.92 Å². The molecule has 5 rings (SSSR count). The number of benzene rings is 2. The zero-order chi connectivity index (χ0) is 29.0. The van der Waals surface area contributed by atoms with Gasteiger partial charge in [0.05, 0.1) is 12.7 Å². The maximum Gasteiger partial charge on any atom is 0.326 e. The minimum atomic E-state index is -2.01. The minimum absolute atomic E-state index is 0.0223. The van der Waals surface area contributed by atoms with Crippen molar-refractivity contribution in [3.8, 4) is 5.75 Å². The van der Waals surface area contributed by atoms with E-state index < -0.39 is 65.6 Å². The topological polar surface area (TPSA) is 175 Å². The minimum Gasteiger partial charge on any atom is -0.494 e. The number of carbonyl (C=O) groups excluding carboxylic acids is 1. The zero-order valence-corrected chi connectivity index (χ0v) is 22.6. The van der Waals surface area contributed by atoms with Gasteiger partial charge in [-0.05, 0) is 42.3 Å². The number of rotatable bonds is 8. The molecule has 3 fully saturated rings. The van der Waals surface area contributed by atoms with E-state index in [1.165, 1.54) is 19.2 Å². The van der Waals surface area contributed by atoms with Gasteiger partial charge in [-0.1, -0.05) is 29.8 Å². The Hall–Kier alpha value is -2.77. The molecular formula is C28H32ClNO10. The largest absolute Gasteiger partial charge is 0.494 e. The molecule has 1 amide bonds. The maximum atomic E-state index is 12.4. The van der Waals surface area contributed by atoms with Crippen molar-refractivity contribution in [1.82, 2.24) is 5.32 Å². The smallest absolute Gasteiger partial charge is 0.326 e.